The van der Waals surface area contributed by atoms with Gasteiger partial charge in [-0.2, -0.15) is 0 Å². The first kappa shape index (κ1) is 10.6. The average molecular weight is 201 g/mol. The predicted octanol–water partition coefficient (Wildman–Crippen LogP) is 4.60. The molecule has 0 aromatic heterocycles. The molecule has 15 heavy (non-hydrogen) atoms. The van der Waals surface area contributed by atoms with Gasteiger partial charge < -0.3 is 0 Å². The van der Waals surface area contributed by atoms with Gasteiger partial charge in [-0.3, -0.25) is 0 Å². The van der Waals surface area contributed by atoms with E-state index in [2.05, 4.69) is 38.5 Å². The van der Waals surface area contributed by atoms with Crippen molar-refractivity contribution in [1.82, 2.24) is 0 Å². The minimum absolute atomic E-state index is 0.848. The van der Waals surface area contributed by atoms with Crippen molar-refractivity contribution in [3.63, 3.8) is 0 Å². The van der Waals surface area contributed by atoms with Crippen LogP contribution in [0.3, 0.4) is 0 Å². The molecule has 0 amide bonds. The van der Waals surface area contributed by atoms with Gasteiger partial charge >= 0.3 is 0 Å². The molecule has 0 aromatic carbocycles. The van der Waals surface area contributed by atoms with Crippen molar-refractivity contribution < 1.29 is 0 Å². The normalized spacial score (nSPS) is 25.9. The van der Waals surface area contributed by atoms with E-state index in [-0.39, 0.29) is 0 Å². The van der Waals surface area contributed by atoms with Crippen molar-refractivity contribution in [3.05, 3.63) is 41.4 Å². The molecule has 0 heteroatoms. The fourth-order valence-corrected chi connectivity index (χ4v) is 2.66. The van der Waals surface area contributed by atoms with Gasteiger partial charge in [-0.05, 0) is 26.7 Å². The summed E-state index contributed by atoms with van der Waals surface area (Å²) in [5.41, 5.74) is 4.45. The Morgan fingerprint density at radius 1 is 1.27 bits per heavy atom. The van der Waals surface area contributed by atoms with Crippen LogP contribution in [0.4, 0.5) is 0 Å². The summed E-state index contributed by atoms with van der Waals surface area (Å²) in [4.78, 5) is 0. The lowest BCUT2D eigenvalue weighted by atomic mass is 9.81. The highest BCUT2D eigenvalue weighted by Gasteiger charge is 2.21. The van der Waals surface area contributed by atoms with Crippen LogP contribution in [0.5, 0.6) is 0 Å². The lowest BCUT2D eigenvalue weighted by Crippen LogP contribution is -2.09. The van der Waals surface area contributed by atoms with E-state index in [0.29, 0.717) is 0 Å². The molecule has 0 unspecified atom stereocenters. The maximum absolute atomic E-state index is 2.32. The van der Waals surface area contributed by atoms with Crippen molar-refractivity contribution in [1.29, 1.82) is 0 Å². The van der Waals surface area contributed by atoms with Crippen LogP contribution in [0.25, 0.3) is 0 Å². The van der Waals surface area contributed by atoms with Crippen molar-refractivity contribution >= 4 is 0 Å². The Labute approximate surface area is 93.8 Å². The summed E-state index contributed by atoms with van der Waals surface area (Å²) in [5.74, 6) is 0.848. The lowest BCUT2D eigenvalue weighted by molar-refractivity contribution is 0.401. The minimum atomic E-state index is 0.848. The van der Waals surface area contributed by atoms with Gasteiger partial charge in [-0.15, -0.1) is 0 Å². The Hall–Kier alpha value is -0.910. The Morgan fingerprint density at radius 3 is 2.67 bits per heavy atom. The van der Waals surface area contributed by atoms with Gasteiger partial charge in [0.15, 0.2) is 0 Å². The van der Waals surface area contributed by atoms with E-state index in [1.165, 1.54) is 43.3 Å². The zero-order valence-electron chi connectivity index (χ0n) is 9.92. The summed E-state index contributed by atoms with van der Waals surface area (Å²) in [7, 11) is 0. The Morgan fingerprint density at radius 2 is 2.00 bits per heavy atom. The zero-order chi connectivity index (χ0) is 10.7. The van der Waals surface area contributed by atoms with Gasteiger partial charge in [-0.25, -0.2) is 0 Å². The number of allylic oxidation sites excluding steroid dienone is 6. The predicted molar refractivity (Wildman–Crippen MR) is 66.5 cm³/mol. The second kappa shape index (κ2) is 4.74. The third-order valence-electron chi connectivity index (χ3n) is 3.69. The monoisotopic (exact) mass is 201 g/mol. The standard InChI is InChI=1S/C15H21/c1-12-7-6-10-15(11-12)13(2)14-8-4-3-5-9-14/h6-7,10-11,14H,3-5,8-9H2,1-2H3/q+1/b15-13-. The smallest absolute Gasteiger partial charge is 0.0532 e. The molecule has 0 spiro atoms. The number of hydrogen-bond donors (Lipinski definition) is 0. The lowest BCUT2D eigenvalue weighted by Gasteiger charge is -2.21. The van der Waals surface area contributed by atoms with Crippen molar-refractivity contribution in [2.24, 2.45) is 5.92 Å². The van der Waals surface area contributed by atoms with Crippen LogP contribution in [-0.2, 0) is 0 Å². The zero-order valence-corrected chi connectivity index (χ0v) is 9.92. The Balaban J connectivity index is 2.13. The largest absolute Gasteiger partial charge is 0.0950 e. The molecule has 0 nitrogen and oxygen atoms in total. The van der Waals surface area contributed by atoms with Crippen molar-refractivity contribution in [2.45, 2.75) is 46.0 Å². The minimum Gasteiger partial charge on any atom is -0.0532 e. The van der Waals surface area contributed by atoms with Crippen LogP contribution in [0.15, 0.2) is 34.9 Å². The Bertz CT molecular complexity index is 309. The van der Waals surface area contributed by atoms with Crippen LogP contribution >= 0.6 is 0 Å². The summed E-state index contributed by atoms with van der Waals surface area (Å²) in [6, 6.07) is 0. The van der Waals surface area contributed by atoms with Crippen molar-refractivity contribution in [3.8, 4) is 0 Å². The third kappa shape index (κ3) is 2.56. The molecule has 0 heterocycles. The molecule has 80 valence electrons. The molecule has 0 saturated heterocycles. The quantitative estimate of drug-likeness (QED) is 0.544. The molecule has 0 aliphatic heterocycles. The maximum Gasteiger partial charge on any atom is 0.0950 e. The molecule has 2 aliphatic carbocycles. The molecule has 2 rings (SSSR count). The summed E-state index contributed by atoms with van der Waals surface area (Å²) >= 11 is 0. The van der Waals surface area contributed by atoms with Crippen LogP contribution in [0.2, 0.25) is 0 Å². The number of hydrogen-bond acceptors (Lipinski definition) is 0. The molecule has 0 radical (unpaired) electrons. The van der Waals surface area contributed by atoms with Gasteiger partial charge in [0.2, 0.25) is 0 Å². The van der Waals surface area contributed by atoms with E-state index >= 15 is 0 Å². The Kier molecular flexibility index (Phi) is 3.35. The van der Waals surface area contributed by atoms with E-state index < -0.39 is 0 Å². The van der Waals surface area contributed by atoms with Gasteiger partial charge in [-0.1, -0.05) is 19.3 Å². The second-order valence-electron chi connectivity index (χ2n) is 4.89. The third-order valence-corrected chi connectivity index (χ3v) is 3.69. The summed E-state index contributed by atoms with van der Waals surface area (Å²) < 4.78 is 0. The average Bonchev–Trinajstić information content (AvgIpc) is 2.29. The van der Waals surface area contributed by atoms with Crippen LogP contribution in [0.1, 0.15) is 46.0 Å². The fourth-order valence-electron chi connectivity index (χ4n) is 2.66. The van der Waals surface area contributed by atoms with E-state index in [0.717, 1.165) is 5.92 Å². The molecule has 1 saturated carbocycles. The highest BCUT2D eigenvalue weighted by molar-refractivity contribution is 5.45. The highest BCUT2D eigenvalue weighted by atomic mass is 14.2. The van der Waals surface area contributed by atoms with Crippen LogP contribution in [0, 0.1) is 12.3 Å². The van der Waals surface area contributed by atoms with Gasteiger partial charge in [0.05, 0.1) is 5.57 Å². The van der Waals surface area contributed by atoms with Crippen LogP contribution in [-0.4, -0.2) is 0 Å². The van der Waals surface area contributed by atoms with Crippen molar-refractivity contribution in [2.75, 3.05) is 0 Å². The molecular weight excluding hydrogens is 180 g/mol. The number of rotatable bonds is 1. The molecule has 1 fully saturated rings. The van der Waals surface area contributed by atoms with Crippen LogP contribution < -0.4 is 0 Å². The first-order valence-electron chi connectivity index (χ1n) is 6.18. The van der Waals surface area contributed by atoms with Gasteiger partial charge in [0, 0.05) is 41.7 Å². The summed E-state index contributed by atoms with van der Waals surface area (Å²) in [6.45, 7) is 4.50. The van der Waals surface area contributed by atoms with Gasteiger partial charge in [0.25, 0.3) is 0 Å². The molecule has 2 aliphatic rings. The topological polar surface area (TPSA) is 0 Å². The maximum atomic E-state index is 2.32. The summed E-state index contributed by atoms with van der Waals surface area (Å²) in [5, 5.41) is 0. The molecule has 0 aromatic rings. The molecular formula is C15H21+. The molecule has 0 bridgehead atoms. The van der Waals surface area contributed by atoms with Gasteiger partial charge in [0.1, 0.15) is 0 Å². The van der Waals surface area contributed by atoms with E-state index in [9.17, 15) is 0 Å². The SMILES string of the molecule is CC1=C/C(=C(/C)C2CCCCC2)[CH+]C=C1. The second-order valence-corrected chi connectivity index (χ2v) is 4.89. The molecule has 0 N–H and O–H groups in total. The van der Waals surface area contributed by atoms with E-state index in [1.807, 2.05) is 0 Å². The summed E-state index contributed by atoms with van der Waals surface area (Å²) in [6.07, 6.45) is 16.0. The highest BCUT2D eigenvalue weighted by Crippen LogP contribution is 2.33. The molecule has 0 atom stereocenters. The van der Waals surface area contributed by atoms with E-state index in [1.54, 1.807) is 5.57 Å². The fraction of sp³-hybridized carbons (Fsp3) is 0.533. The van der Waals surface area contributed by atoms with E-state index in [4.69, 9.17) is 0 Å². The first-order chi connectivity index (χ1) is 7.27. The first-order valence-corrected chi connectivity index (χ1v) is 6.18.